The summed E-state index contributed by atoms with van der Waals surface area (Å²) in [6.07, 6.45) is 3.07. The fourth-order valence-electron chi connectivity index (χ4n) is 2.74. The number of aromatic nitrogens is 2. The van der Waals surface area contributed by atoms with Crippen LogP contribution >= 0.6 is 0 Å². The maximum absolute atomic E-state index is 12.3. The maximum Gasteiger partial charge on any atom is 0.275 e. The van der Waals surface area contributed by atoms with Crippen LogP contribution in [0.4, 0.5) is 17.2 Å². The third-order valence-electron chi connectivity index (χ3n) is 4.36. The molecule has 8 nitrogen and oxygen atoms in total. The summed E-state index contributed by atoms with van der Waals surface area (Å²) in [5.74, 6) is 0.384. The molecule has 1 fully saturated rings. The number of carbonyl (C=O) groups is 1. The van der Waals surface area contributed by atoms with Gasteiger partial charge in [-0.05, 0) is 24.3 Å². The third-order valence-corrected chi connectivity index (χ3v) is 4.36. The third kappa shape index (κ3) is 5.63. The van der Waals surface area contributed by atoms with E-state index in [0.29, 0.717) is 5.82 Å². The van der Waals surface area contributed by atoms with Crippen molar-refractivity contribution in [2.24, 2.45) is 0 Å². The van der Waals surface area contributed by atoms with E-state index in [4.69, 9.17) is 4.74 Å². The first-order chi connectivity index (χ1) is 13.1. The molecule has 1 aliphatic rings. The first kappa shape index (κ1) is 19.1. The van der Waals surface area contributed by atoms with Gasteiger partial charge >= 0.3 is 0 Å². The van der Waals surface area contributed by atoms with E-state index in [9.17, 15) is 4.79 Å². The van der Waals surface area contributed by atoms with E-state index in [1.807, 2.05) is 43.3 Å². The van der Waals surface area contributed by atoms with Crippen molar-refractivity contribution in [2.45, 2.75) is 0 Å². The van der Waals surface area contributed by atoms with Gasteiger partial charge in [0, 0.05) is 51.6 Å². The van der Waals surface area contributed by atoms with Crippen LogP contribution in [-0.2, 0) is 4.74 Å². The monoisotopic (exact) mass is 370 g/mol. The molecule has 2 aromatic rings. The van der Waals surface area contributed by atoms with E-state index >= 15 is 0 Å². The van der Waals surface area contributed by atoms with Crippen molar-refractivity contribution < 1.29 is 9.53 Å². The summed E-state index contributed by atoms with van der Waals surface area (Å²) in [6, 6.07) is 7.62. The highest BCUT2D eigenvalue weighted by Gasteiger charge is 2.11. The highest BCUT2D eigenvalue weighted by atomic mass is 16.5. The molecule has 27 heavy (non-hydrogen) atoms. The zero-order valence-corrected chi connectivity index (χ0v) is 15.8. The number of benzene rings is 1. The summed E-state index contributed by atoms with van der Waals surface area (Å²) >= 11 is 0. The van der Waals surface area contributed by atoms with Crippen LogP contribution in [-0.4, -0.2) is 74.3 Å². The minimum atomic E-state index is -0.278. The lowest BCUT2D eigenvalue weighted by atomic mass is 10.2. The molecular formula is C19H26N6O2. The van der Waals surface area contributed by atoms with Crippen LogP contribution < -0.4 is 15.5 Å². The zero-order chi connectivity index (χ0) is 19.1. The van der Waals surface area contributed by atoms with Crippen molar-refractivity contribution in [3.8, 4) is 0 Å². The van der Waals surface area contributed by atoms with Crippen LogP contribution in [0.15, 0.2) is 36.7 Å². The summed E-state index contributed by atoms with van der Waals surface area (Å²) in [5.41, 5.74) is 2.07. The van der Waals surface area contributed by atoms with Crippen LogP contribution in [0.2, 0.25) is 0 Å². The topological polar surface area (TPSA) is 82.6 Å². The van der Waals surface area contributed by atoms with Crippen LogP contribution in [0.1, 0.15) is 10.5 Å². The van der Waals surface area contributed by atoms with Crippen molar-refractivity contribution in [1.29, 1.82) is 0 Å². The number of ether oxygens (including phenoxy) is 1. The van der Waals surface area contributed by atoms with Crippen LogP contribution in [0.25, 0.3) is 0 Å². The molecular weight excluding hydrogens is 344 g/mol. The Morgan fingerprint density at radius 2 is 1.89 bits per heavy atom. The van der Waals surface area contributed by atoms with Gasteiger partial charge in [0.1, 0.15) is 11.5 Å². The van der Waals surface area contributed by atoms with Crippen LogP contribution in [0, 0.1) is 0 Å². The number of amides is 1. The lowest BCUT2D eigenvalue weighted by molar-refractivity contribution is 0.0398. The summed E-state index contributed by atoms with van der Waals surface area (Å²) in [4.78, 5) is 25.1. The van der Waals surface area contributed by atoms with Gasteiger partial charge in [0.25, 0.3) is 5.91 Å². The lowest BCUT2D eigenvalue weighted by Crippen LogP contribution is -2.39. The van der Waals surface area contributed by atoms with Gasteiger partial charge in [-0.2, -0.15) is 0 Å². The quantitative estimate of drug-likeness (QED) is 0.765. The molecule has 8 heteroatoms. The summed E-state index contributed by atoms with van der Waals surface area (Å²) < 4.78 is 5.33. The highest BCUT2D eigenvalue weighted by molar-refractivity contribution is 6.02. The minimum absolute atomic E-state index is 0.278. The van der Waals surface area contributed by atoms with Crippen molar-refractivity contribution in [1.82, 2.24) is 14.9 Å². The molecule has 0 spiro atoms. The predicted octanol–water partition coefficient (Wildman–Crippen LogP) is 1.54. The largest absolute Gasteiger partial charge is 0.379 e. The Morgan fingerprint density at radius 1 is 1.15 bits per heavy atom. The Kier molecular flexibility index (Phi) is 6.56. The van der Waals surface area contributed by atoms with E-state index in [2.05, 4.69) is 25.5 Å². The molecule has 2 N–H and O–H groups in total. The van der Waals surface area contributed by atoms with Crippen molar-refractivity contribution in [3.05, 3.63) is 42.4 Å². The normalized spacial score (nSPS) is 14.6. The molecule has 0 aliphatic carbocycles. The standard InChI is InChI=1S/C19H26N6O2/c1-24(2)16-5-3-15(4-6-16)23-19(26)17-13-22-18(14-21-17)20-7-8-25-9-11-27-12-10-25/h3-6,13-14H,7-12H2,1-2H3,(H,20,22)(H,23,26). The summed E-state index contributed by atoms with van der Waals surface area (Å²) in [6.45, 7) is 5.21. The van der Waals surface area contributed by atoms with Crippen molar-refractivity contribution in [3.63, 3.8) is 0 Å². The average Bonchev–Trinajstić information content (AvgIpc) is 2.70. The second-order valence-electron chi connectivity index (χ2n) is 6.56. The molecule has 1 saturated heterocycles. The minimum Gasteiger partial charge on any atom is -0.379 e. The Bertz CT molecular complexity index is 727. The zero-order valence-electron chi connectivity index (χ0n) is 15.8. The van der Waals surface area contributed by atoms with E-state index in [-0.39, 0.29) is 11.6 Å². The average molecular weight is 370 g/mol. The van der Waals surface area contributed by atoms with Gasteiger partial charge in [0.15, 0.2) is 0 Å². The molecule has 3 rings (SSSR count). The van der Waals surface area contributed by atoms with Gasteiger partial charge in [-0.1, -0.05) is 0 Å². The smallest absolute Gasteiger partial charge is 0.275 e. The van der Waals surface area contributed by atoms with Gasteiger partial charge in [0.2, 0.25) is 0 Å². The number of hydrogen-bond donors (Lipinski definition) is 2. The summed E-state index contributed by atoms with van der Waals surface area (Å²) in [5, 5.41) is 6.06. The van der Waals surface area contributed by atoms with Crippen molar-refractivity contribution in [2.75, 3.05) is 69.0 Å². The number of anilines is 3. The number of hydrogen-bond acceptors (Lipinski definition) is 7. The van der Waals surface area contributed by atoms with Gasteiger partial charge in [-0.3, -0.25) is 9.69 Å². The molecule has 0 bridgehead atoms. The van der Waals surface area contributed by atoms with E-state index < -0.39 is 0 Å². The lowest BCUT2D eigenvalue weighted by Gasteiger charge is -2.26. The van der Waals surface area contributed by atoms with E-state index in [1.165, 1.54) is 6.20 Å². The van der Waals surface area contributed by atoms with Gasteiger partial charge < -0.3 is 20.3 Å². The van der Waals surface area contributed by atoms with Gasteiger partial charge in [0.05, 0.1) is 25.6 Å². The van der Waals surface area contributed by atoms with E-state index in [1.54, 1.807) is 6.20 Å². The molecule has 0 unspecified atom stereocenters. The SMILES string of the molecule is CN(C)c1ccc(NC(=O)c2cnc(NCCN3CCOCC3)cn2)cc1. The maximum atomic E-state index is 12.3. The van der Waals surface area contributed by atoms with E-state index in [0.717, 1.165) is 50.8 Å². The molecule has 1 aromatic heterocycles. The van der Waals surface area contributed by atoms with Gasteiger partial charge in [-0.15, -0.1) is 0 Å². The van der Waals surface area contributed by atoms with Crippen LogP contribution in [0.3, 0.4) is 0 Å². The Labute approximate surface area is 159 Å². The highest BCUT2D eigenvalue weighted by Crippen LogP contribution is 2.16. The molecule has 0 atom stereocenters. The van der Waals surface area contributed by atoms with Crippen LogP contribution in [0.5, 0.6) is 0 Å². The molecule has 1 amide bonds. The molecule has 1 aliphatic heterocycles. The molecule has 2 heterocycles. The number of nitrogens with one attached hydrogen (secondary N) is 2. The first-order valence-electron chi connectivity index (χ1n) is 9.06. The second kappa shape index (κ2) is 9.29. The second-order valence-corrected chi connectivity index (χ2v) is 6.56. The fourth-order valence-corrected chi connectivity index (χ4v) is 2.74. The Balaban J connectivity index is 1.47. The summed E-state index contributed by atoms with van der Waals surface area (Å²) in [7, 11) is 3.94. The molecule has 144 valence electrons. The Morgan fingerprint density at radius 3 is 2.52 bits per heavy atom. The van der Waals surface area contributed by atoms with Gasteiger partial charge in [-0.25, -0.2) is 9.97 Å². The number of morpholine rings is 1. The van der Waals surface area contributed by atoms with Crippen molar-refractivity contribution >= 4 is 23.1 Å². The molecule has 1 aromatic carbocycles. The Hall–Kier alpha value is -2.71. The number of nitrogens with zero attached hydrogens (tertiary/aromatic N) is 4. The molecule has 0 saturated carbocycles. The fraction of sp³-hybridized carbons (Fsp3) is 0.421. The first-order valence-corrected chi connectivity index (χ1v) is 9.06. The molecule has 0 radical (unpaired) electrons. The number of carbonyl (C=O) groups excluding carboxylic acids is 1. The predicted molar refractivity (Wildman–Crippen MR) is 107 cm³/mol. The number of rotatable bonds is 7.